The van der Waals surface area contributed by atoms with E-state index >= 15 is 0 Å². The highest BCUT2D eigenvalue weighted by Crippen LogP contribution is 2.20. The Morgan fingerprint density at radius 3 is 3.06 bits per heavy atom. The van der Waals surface area contributed by atoms with Gasteiger partial charge in [0, 0.05) is 6.54 Å². The summed E-state index contributed by atoms with van der Waals surface area (Å²) in [7, 11) is 0. The number of nitrogens with zero attached hydrogens (tertiary/aromatic N) is 2. The third kappa shape index (κ3) is 2.20. The van der Waals surface area contributed by atoms with E-state index in [0.29, 0.717) is 6.54 Å². The molecule has 0 bridgehead atoms. The average molecular weight is 241 g/mol. The number of carbonyl (C=O) groups excluding carboxylic acids is 1. The van der Waals surface area contributed by atoms with E-state index in [1.165, 1.54) is 0 Å². The van der Waals surface area contributed by atoms with E-state index in [9.17, 15) is 13.6 Å². The molecule has 0 aromatic carbocycles. The molecule has 1 atom stereocenters. The van der Waals surface area contributed by atoms with Crippen molar-refractivity contribution in [2.24, 2.45) is 0 Å². The second-order valence-corrected chi connectivity index (χ2v) is 3.87. The van der Waals surface area contributed by atoms with Crippen LogP contribution >= 0.6 is 0 Å². The number of rotatable bonds is 3. The van der Waals surface area contributed by atoms with Crippen LogP contribution in [0.3, 0.4) is 0 Å². The van der Waals surface area contributed by atoms with E-state index < -0.39 is 6.43 Å². The van der Waals surface area contributed by atoms with Gasteiger partial charge in [0.05, 0.1) is 6.04 Å². The van der Waals surface area contributed by atoms with Crippen LogP contribution in [0.5, 0.6) is 0 Å². The summed E-state index contributed by atoms with van der Waals surface area (Å²) < 4.78 is 24.7. The van der Waals surface area contributed by atoms with Crippen LogP contribution < -0.4 is 0 Å². The number of halogens is 2. The zero-order valence-electron chi connectivity index (χ0n) is 9.36. The van der Waals surface area contributed by atoms with Crippen molar-refractivity contribution < 1.29 is 13.6 Å². The predicted octanol–water partition coefficient (Wildman–Crippen LogP) is 2.14. The summed E-state index contributed by atoms with van der Waals surface area (Å²) in [5.41, 5.74) is -0.281. The molecule has 0 spiro atoms. The Balaban J connectivity index is 2.14. The molecule has 1 unspecified atom stereocenters. The normalized spacial score (nSPS) is 19.3. The van der Waals surface area contributed by atoms with Gasteiger partial charge in [0.25, 0.3) is 12.3 Å². The highest BCUT2D eigenvalue weighted by atomic mass is 19.3. The van der Waals surface area contributed by atoms with Crippen LogP contribution in [0.25, 0.3) is 0 Å². The third-order valence-corrected chi connectivity index (χ3v) is 2.79. The number of aromatic amines is 1. The number of amides is 1. The Hall–Kier alpha value is -1.72. The molecule has 1 aromatic heterocycles. The summed E-state index contributed by atoms with van der Waals surface area (Å²) >= 11 is 0. The van der Waals surface area contributed by atoms with Crippen LogP contribution in [0.15, 0.2) is 18.2 Å². The van der Waals surface area contributed by atoms with Crippen molar-refractivity contribution in [2.45, 2.75) is 25.8 Å². The molecule has 1 N–H and O–H groups in total. The van der Waals surface area contributed by atoms with Crippen molar-refractivity contribution in [1.29, 1.82) is 0 Å². The fourth-order valence-corrected chi connectivity index (χ4v) is 1.87. The molecule has 0 aliphatic carbocycles. The van der Waals surface area contributed by atoms with Gasteiger partial charge < -0.3 is 4.90 Å². The maximum absolute atomic E-state index is 12.4. The molecule has 2 rings (SSSR count). The SMILES string of the molecule is CCC1C=CCN1C(=O)c1cc(C(F)F)[nH]n1. The molecule has 1 aliphatic heterocycles. The first-order valence-electron chi connectivity index (χ1n) is 5.44. The lowest BCUT2D eigenvalue weighted by molar-refractivity contribution is 0.0741. The summed E-state index contributed by atoms with van der Waals surface area (Å²) in [5.74, 6) is -0.315. The molecule has 17 heavy (non-hydrogen) atoms. The Morgan fingerprint density at radius 2 is 2.47 bits per heavy atom. The van der Waals surface area contributed by atoms with Crippen molar-refractivity contribution in [1.82, 2.24) is 15.1 Å². The smallest absolute Gasteiger partial charge is 0.279 e. The third-order valence-electron chi connectivity index (χ3n) is 2.79. The van der Waals surface area contributed by atoms with Crippen LogP contribution in [0.4, 0.5) is 8.78 Å². The van der Waals surface area contributed by atoms with Gasteiger partial charge in [-0.05, 0) is 12.5 Å². The first-order chi connectivity index (χ1) is 8.13. The van der Waals surface area contributed by atoms with Gasteiger partial charge in [0.1, 0.15) is 5.69 Å². The summed E-state index contributed by atoms with van der Waals surface area (Å²) in [6.07, 6.45) is 2.00. The molecular formula is C11H13F2N3O. The van der Waals surface area contributed by atoms with Crippen LogP contribution in [0.1, 0.15) is 36.0 Å². The van der Waals surface area contributed by atoms with E-state index in [4.69, 9.17) is 0 Å². The van der Waals surface area contributed by atoms with Gasteiger partial charge in [-0.1, -0.05) is 19.1 Å². The van der Waals surface area contributed by atoms with E-state index in [-0.39, 0.29) is 23.3 Å². The van der Waals surface area contributed by atoms with E-state index in [0.717, 1.165) is 12.5 Å². The van der Waals surface area contributed by atoms with Gasteiger partial charge in [-0.3, -0.25) is 9.89 Å². The number of hydrogen-bond acceptors (Lipinski definition) is 2. The quantitative estimate of drug-likeness (QED) is 0.824. The highest BCUT2D eigenvalue weighted by Gasteiger charge is 2.26. The first kappa shape index (κ1) is 11.8. The van der Waals surface area contributed by atoms with Gasteiger partial charge in [0.2, 0.25) is 0 Å². The number of aromatic nitrogens is 2. The highest BCUT2D eigenvalue weighted by molar-refractivity contribution is 5.93. The second-order valence-electron chi connectivity index (χ2n) is 3.87. The Labute approximate surface area is 97.3 Å². The minimum atomic E-state index is -2.64. The van der Waals surface area contributed by atoms with Crippen molar-refractivity contribution in [2.75, 3.05) is 6.54 Å². The number of hydrogen-bond donors (Lipinski definition) is 1. The van der Waals surface area contributed by atoms with Gasteiger partial charge >= 0.3 is 0 Å². The standard InChI is InChI=1S/C11H13F2N3O/c1-2-7-4-3-5-16(7)11(17)9-6-8(10(12)13)14-15-9/h3-4,6-7,10H,2,5H2,1H3,(H,14,15). The molecule has 92 valence electrons. The average Bonchev–Trinajstić information content (AvgIpc) is 2.96. The monoisotopic (exact) mass is 241 g/mol. The lowest BCUT2D eigenvalue weighted by Crippen LogP contribution is -2.35. The maximum atomic E-state index is 12.4. The molecule has 0 saturated carbocycles. The Bertz CT molecular complexity index is 442. The fraction of sp³-hybridized carbons (Fsp3) is 0.455. The number of H-pyrrole nitrogens is 1. The summed E-state index contributed by atoms with van der Waals surface area (Å²) in [6, 6.07) is 1.15. The van der Waals surface area contributed by atoms with E-state index in [1.54, 1.807) is 4.90 Å². The lowest BCUT2D eigenvalue weighted by Gasteiger charge is -2.22. The minimum Gasteiger partial charge on any atom is -0.327 e. The molecule has 4 nitrogen and oxygen atoms in total. The summed E-state index contributed by atoms with van der Waals surface area (Å²) in [4.78, 5) is 13.6. The Morgan fingerprint density at radius 1 is 1.71 bits per heavy atom. The fourth-order valence-electron chi connectivity index (χ4n) is 1.87. The number of carbonyl (C=O) groups is 1. The predicted molar refractivity (Wildman–Crippen MR) is 57.8 cm³/mol. The van der Waals surface area contributed by atoms with Crippen molar-refractivity contribution in [3.63, 3.8) is 0 Å². The van der Waals surface area contributed by atoms with Gasteiger partial charge in [-0.25, -0.2) is 8.78 Å². The topological polar surface area (TPSA) is 49.0 Å². The summed E-state index contributed by atoms with van der Waals surface area (Å²) in [5, 5.41) is 5.80. The largest absolute Gasteiger partial charge is 0.327 e. The first-order valence-corrected chi connectivity index (χ1v) is 5.44. The molecule has 1 aromatic rings. The van der Waals surface area contributed by atoms with Crippen LogP contribution in [-0.4, -0.2) is 33.6 Å². The van der Waals surface area contributed by atoms with E-state index in [1.807, 2.05) is 19.1 Å². The minimum absolute atomic E-state index is 0.0363. The molecule has 6 heteroatoms. The van der Waals surface area contributed by atoms with E-state index in [2.05, 4.69) is 10.2 Å². The van der Waals surface area contributed by atoms with Gasteiger partial charge in [-0.2, -0.15) is 5.10 Å². The van der Waals surface area contributed by atoms with Gasteiger partial charge in [-0.15, -0.1) is 0 Å². The molecule has 1 amide bonds. The molecule has 0 radical (unpaired) electrons. The maximum Gasteiger partial charge on any atom is 0.279 e. The Kier molecular flexibility index (Phi) is 3.21. The number of alkyl halides is 2. The van der Waals surface area contributed by atoms with Crippen molar-refractivity contribution in [3.8, 4) is 0 Å². The lowest BCUT2D eigenvalue weighted by atomic mass is 10.2. The van der Waals surface area contributed by atoms with Crippen molar-refractivity contribution >= 4 is 5.91 Å². The molecule has 0 saturated heterocycles. The van der Waals surface area contributed by atoms with Crippen LogP contribution in [0, 0.1) is 0 Å². The zero-order chi connectivity index (χ0) is 12.4. The second kappa shape index (κ2) is 4.65. The van der Waals surface area contributed by atoms with Crippen LogP contribution in [0.2, 0.25) is 0 Å². The summed E-state index contributed by atoms with van der Waals surface area (Å²) in [6.45, 7) is 2.48. The zero-order valence-corrected chi connectivity index (χ0v) is 9.36. The number of nitrogens with one attached hydrogen (secondary N) is 1. The molecule has 2 heterocycles. The van der Waals surface area contributed by atoms with Crippen molar-refractivity contribution in [3.05, 3.63) is 29.6 Å². The molecule has 1 aliphatic rings. The van der Waals surface area contributed by atoms with Gasteiger partial charge in [0.15, 0.2) is 5.69 Å². The molecular weight excluding hydrogens is 228 g/mol. The van der Waals surface area contributed by atoms with Crippen LogP contribution in [-0.2, 0) is 0 Å². The molecule has 0 fully saturated rings.